The van der Waals surface area contributed by atoms with Gasteiger partial charge in [-0.15, -0.1) is 35.3 Å². The third kappa shape index (κ3) is 6.62. The number of benzene rings is 1. The van der Waals surface area contributed by atoms with Crippen molar-refractivity contribution in [3.05, 3.63) is 51.0 Å². The Balaban J connectivity index is 0.00000312. The van der Waals surface area contributed by atoms with E-state index in [4.69, 9.17) is 5.73 Å². The number of thiazole rings is 1. The summed E-state index contributed by atoms with van der Waals surface area (Å²) in [5.74, 6) is 0.318. The van der Waals surface area contributed by atoms with Crippen molar-refractivity contribution in [2.24, 2.45) is 10.7 Å². The number of hydrogen-bond acceptors (Lipinski definition) is 4. The monoisotopic (exact) mass is 473 g/mol. The Hall–Kier alpha value is -1.68. The zero-order valence-corrected chi connectivity index (χ0v) is 17.8. The van der Waals surface area contributed by atoms with Gasteiger partial charge in [0, 0.05) is 37.0 Å². The Morgan fingerprint density at radius 3 is 2.44 bits per heavy atom. The van der Waals surface area contributed by atoms with Gasteiger partial charge in [-0.3, -0.25) is 9.79 Å². The highest BCUT2D eigenvalue weighted by atomic mass is 127. The first-order valence-corrected chi connectivity index (χ1v) is 8.57. The van der Waals surface area contributed by atoms with Gasteiger partial charge in [0.15, 0.2) is 5.96 Å². The van der Waals surface area contributed by atoms with Crippen molar-refractivity contribution in [3.8, 4) is 0 Å². The second-order valence-corrected chi connectivity index (χ2v) is 6.70. The first-order chi connectivity index (χ1) is 11.5. The number of nitrogens with two attached hydrogens (primary N) is 1. The zero-order valence-electron chi connectivity index (χ0n) is 14.6. The van der Waals surface area contributed by atoms with Crippen molar-refractivity contribution in [2.75, 3.05) is 13.6 Å². The number of carbonyl (C=O) groups excluding carboxylic acids is 1. The maximum Gasteiger partial charge on any atom is 0.248 e. The van der Waals surface area contributed by atoms with Crippen LogP contribution in [0.3, 0.4) is 0 Å². The molecule has 0 saturated heterocycles. The van der Waals surface area contributed by atoms with Gasteiger partial charge in [-0.25, -0.2) is 4.98 Å². The predicted octanol–water partition coefficient (Wildman–Crippen LogP) is 2.38. The van der Waals surface area contributed by atoms with Gasteiger partial charge in [-0.2, -0.15) is 0 Å². The molecular weight excluding hydrogens is 449 g/mol. The van der Waals surface area contributed by atoms with E-state index < -0.39 is 5.91 Å². The molecule has 8 heteroatoms. The fourth-order valence-corrected chi connectivity index (χ4v) is 3.06. The molecule has 25 heavy (non-hydrogen) atoms. The van der Waals surface area contributed by atoms with E-state index >= 15 is 0 Å². The van der Waals surface area contributed by atoms with E-state index in [2.05, 4.69) is 27.5 Å². The summed E-state index contributed by atoms with van der Waals surface area (Å²) in [6.07, 6.45) is 0.868. The summed E-state index contributed by atoms with van der Waals surface area (Å²) in [5, 5.41) is 7.66. The molecular formula is C17H24IN5OS. The summed E-state index contributed by atoms with van der Waals surface area (Å²) < 4.78 is 0. The maximum atomic E-state index is 11.1. The molecule has 1 heterocycles. The van der Waals surface area contributed by atoms with Crippen molar-refractivity contribution in [2.45, 2.75) is 26.8 Å². The Bertz CT molecular complexity index is 708. The first kappa shape index (κ1) is 21.4. The molecule has 0 aliphatic rings. The molecule has 0 bridgehead atoms. The quantitative estimate of drug-likeness (QED) is 0.341. The molecule has 1 amide bonds. The smallest absolute Gasteiger partial charge is 0.248 e. The van der Waals surface area contributed by atoms with Gasteiger partial charge in [0.25, 0.3) is 0 Å². The topological polar surface area (TPSA) is 92.4 Å². The van der Waals surface area contributed by atoms with Crippen LogP contribution in [0.4, 0.5) is 0 Å². The lowest BCUT2D eigenvalue weighted by Gasteiger charge is -2.11. The number of hydrogen-bond donors (Lipinski definition) is 3. The summed E-state index contributed by atoms with van der Waals surface area (Å²) >= 11 is 1.74. The fourth-order valence-electron chi connectivity index (χ4n) is 2.13. The van der Waals surface area contributed by atoms with Gasteiger partial charge in [0.2, 0.25) is 5.91 Å². The van der Waals surface area contributed by atoms with E-state index in [0.717, 1.165) is 35.2 Å². The lowest BCUT2D eigenvalue weighted by Crippen LogP contribution is -2.37. The lowest BCUT2D eigenvalue weighted by molar-refractivity contribution is 0.100. The predicted molar refractivity (Wildman–Crippen MR) is 114 cm³/mol. The normalized spacial score (nSPS) is 10.9. The second kappa shape index (κ2) is 10.3. The number of guanidine groups is 1. The van der Waals surface area contributed by atoms with Crippen molar-refractivity contribution in [1.29, 1.82) is 0 Å². The van der Waals surface area contributed by atoms with Crippen LogP contribution < -0.4 is 16.4 Å². The Labute approximate surface area is 169 Å². The van der Waals surface area contributed by atoms with E-state index in [-0.39, 0.29) is 24.0 Å². The van der Waals surface area contributed by atoms with Gasteiger partial charge in [-0.05, 0) is 31.5 Å². The summed E-state index contributed by atoms with van der Waals surface area (Å²) in [5.41, 5.74) is 7.90. The van der Waals surface area contributed by atoms with Crippen molar-refractivity contribution < 1.29 is 4.79 Å². The van der Waals surface area contributed by atoms with Gasteiger partial charge < -0.3 is 16.4 Å². The summed E-state index contributed by atoms with van der Waals surface area (Å²) in [6, 6.07) is 7.20. The molecule has 2 rings (SSSR count). The minimum atomic E-state index is -0.417. The van der Waals surface area contributed by atoms with Crippen LogP contribution in [0.5, 0.6) is 0 Å². The molecule has 0 saturated carbocycles. The average molecular weight is 473 g/mol. The number of halogens is 1. The van der Waals surface area contributed by atoms with E-state index in [0.29, 0.717) is 12.1 Å². The molecule has 1 aromatic heterocycles. The van der Waals surface area contributed by atoms with Crippen LogP contribution >= 0.6 is 35.3 Å². The summed E-state index contributed by atoms with van der Waals surface area (Å²) in [7, 11) is 1.74. The number of rotatable bonds is 6. The molecule has 4 N–H and O–H groups in total. The van der Waals surface area contributed by atoms with E-state index in [9.17, 15) is 4.79 Å². The van der Waals surface area contributed by atoms with Crippen molar-refractivity contribution in [3.63, 3.8) is 0 Å². The minimum Gasteiger partial charge on any atom is -0.366 e. The molecule has 0 radical (unpaired) electrons. The zero-order chi connectivity index (χ0) is 17.5. The van der Waals surface area contributed by atoms with Gasteiger partial charge >= 0.3 is 0 Å². The highest BCUT2D eigenvalue weighted by Crippen LogP contribution is 2.16. The van der Waals surface area contributed by atoms with Crippen LogP contribution in [0.1, 0.15) is 31.5 Å². The fraction of sp³-hybridized carbons (Fsp3) is 0.353. The number of carbonyl (C=O) groups is 1. The highest BCUT2D eigenvalue weighted by Gasteiger charge is 2.04. The van der Waals surface area contributed by atoms with E-state index in [1.54, 1.807) is 30.5 Å². The Kier molecular flexibility index (Phi) is 8.84. The maximum absolute atomic E-state index is 11.1. The number of aromatic nitrogens is 1. The molecule has 136 valence electrons. The first-order valence-electron chi connectivity index (χ1n) is 7.75. The molecule has 0 atom stereocenters. The van der Waals surface area contributed by atoms with E-state index in [1.807, 2.05) is 19.1 Å². The SMILES string of the molecule is CN=C(NCCc1nc(C)c(C)s1)NCc1ccc(C(N)=O)cc1.I. The number of aryl methyl sites for hydroxylation is 2. The number of nitrogens with one attached hydrogen (secondary N) is 2. The van der Waals surface area contributed by atoms with Crippen molar-refractivity contribution >= 4 is 47.2 Å². The lowest BCUT2D eigenvalue weighted by atomic mass is 10.1. The molecule has 0 fully saturated rings. The standard InChI is InChI=1S/C17H23N5OS.HI/c1-11-12(2)24-15(22-11)8-9-20-17(19-3)21-10-13-4-6-14(7-5-13)16(18)23;/h4-7H,8-10H2,1-3H3,(H2,18,23)(H2,19,20,21);1H. The minimum absolute atomic E-state index is 0. The highest BCUT2D eigenvalue weighted by molar-refractivity contribution is 14.0. The van der Waals surface area contributed by atoms with Crippen LogP contribution in [0.25, 0.3) is 0 Å². The van der Waals surface area contributed by atoms with Crippen LogP contribution in [0.2, 0.25) is 0 Å². The molecule has 0 unspecified atom stereocenters. The van der Waals surface area contributed by atoms with Crippen LogP contribution in [-0.2, 0) is 13.0 Å². The van der Waals surface area contributed by atoms with E-state index in [1.165, 1.54) is 4.88 Å². The third-order valence-electron chi connectivity index (χ3n) is 3.63. The molecule has 6 nitrogen and oxygen atoms in total. The number of nitrogens with zero attached hydrogens (tertiary/aromatic N) is 2. The van der Waals surface area contributed by atoms with Crippen LogP contribution in [0.15, 0.2) is 29.3 Å². The largest absolute Gasteiger partial charge is 0.366 e. The summed E-state index contributed by atoms with van der Waals surface area (Å²) in [4.78, 5) is 21.1. The summed E-state index contributed by atoms with van der Waals surface area (Å²) in [6.45, 7) is 5.52. The van der Waals surface area contributed by atoms with Gasteiger partial charge in [0.1, 0.15) is 0 Å². The number of aliphatic imine (C=N–C) groups is 1. The van der Waals surface area contributed by atoms with Crippen molar-refractivity contribution in [1.82, 2.24) is 15.6 Å². The van der Waals surface area contributed by atoms with Crippen LogP contribution in [-0.4, -0.2) is 30.4 Å². The Morgan fingerprint density at radius 1 is 1.24 bits per heavy atom. The van der Waals surface area contributed by atoms with Gasteiger partial charge in [-0.1, -0.05) is 12.1 Å². The Morgan fingerprint density at radius 2 is 1.92 bits per heavy atom. The third-order valence-corrected chi connectivity index (χ3v) is 4.76. The second-order valence-electron chi connectivity index (χ2n) is 5.41. The van der Waals surface area contributed by atoms with Gasteiger partial charge in [0.05, 0.1) is 10.7 Å². The van der Waals surface area contributed by atoms with Crippen LogP contribution in [0, 0.1) is 13.8 Å². The molecule has 0 spiro atoms. The molecule has 0 aliphatic carbocycles. The molecule has 0 aliphatic heterocycles. The molecule has 1 aromatic carbocycles. The molecule has 2 aromatic rings. The average Bonchev–Trinajstić information content (AvgIpc) is 2.89. The number of amides is 1. The number of primary amides is 1.